The van der Waals surface area contributed by atoms with Crippen LogP contribution in [0.1, 0.15) is 11.4 Å². The summed E-state index contributed by atoms with van der Waals surface area (Å²) in [6.45, 7) is 1.82. The van der Waals surface area contributed by atoms with Gasteiger partial charge in [-0.15, -0.1) is 0 Å². The fourth-order valence-electron chi connectivity index (χ4n) is 1.94. The van der Waals surface area contributed by atoms with Gasteiger partial charge in [-0.25, -0.2) is 14.3 Å². The number of imidazole rings is 1. The van der Waals surface area contributed by atoms with E-state index < -0.39 is 10.9 Å². The van der Waals surface area contributed by atoms with Gasteiger partial charge in [0.2, 0.25) is 0 Å². The van der Waals surface area contributed by atoms with Gasteiger partial charge in [0.15, 0.2) is 5.82 Å². The van der Waals surface area contributed by atoms with Gasteiger partial charge in [0, 0.05) is 18.0 Å². The van der Waals surface area contributed by atoms with Gasteiger partial charge in [-0.2, -0.15) is 0 Å². The minimum atomic E-state index is -0.537. The lowest BCUT2D eigenvalue weighted by Crippen LogP contribution is -2.12. The zero-order valence-electron chi connectivity index (χ0n) is 12.3. The molecule has 1 aromatic carbocycles. The number of ether oxygens (including phenoxy) is 1. The molecular formula is C15H14ClN3O4. The van der Waals surface area contributed by atoms with Crippen LogP contribution in [0.2, 0.25) is 5.02 Å². The van der Waals surface area contributed by atoms with E-state index in [0.717, 1.165) is 5.56 Å². The van der Waals surface area contributed by atoms with Crippen molar-refractivity contribution in [2.24, 2.45) is 0 Å². The first-order valence-electron chi connectivity index (χ1n) is 6.74. The maximum absolute atomic E-state index is 11.6. The molecule has 0 radical (unpaired) electrons. The largest absolute Gasteiger partial charge is 0.458 e. The highest BCUT2D eigenvalue weighted by molar-refractivity contribution is 6.30. The fraction of sp³-hybridized carbons (Fsp3) is 0.200. The Morgan fingerprint density at radius 2 is 2.30 bits per heavy atom. The molecule has 1 aromatic heterocycles. The lowest BCUT2D eigenvalue weighted by Gasteiger charge is -2.03. The molecule has 1 heterocycles. The van der Waals surface area contributed by atoms with Gasteiger partial charge in [-0.3, -0.25) is 0 Å². The Hall–Kier alpha value is -2.67. The summed E-state index contributed by atoms with van der Waals surface area (Å²) in [6, 6.07) is 7.02. The summed E-state index contributed by atoms with van der Waals surface area (Å²) in [5, 5.41) is 11.4. The second kappa shape index (κ2) is 7.55. The Kier molecular flexibility index (Phi) is 5.48. The molecule has 0 bridgehead atoms. The van der Waals surface area contributed by atoms with E-state index in [0.29, 0.717) is 10.8 Å². The summed E-state index contributed by atoms with van der Waals surface area (Å²) in [4.78, 5) is 25.8. The zero-order chi connectivity index (χ0) is 16.8. The number of halogens is 1. The van der Waals surface area contributed by atoms with Crippen LogP contribution in [-0.4, -0.2) is 27.1 Å². The van der Waals surface area contributed by atoms with Crippen LogP contribution in [0.5, 0.6) is 0 Å². The van der Waals surface area contributed by atoms with Gasteiger partial charge >= 0.3 is 11.8 Å². The molecule has 0 amide bonds. The summed E-state index contributed by atoms with van der Waals surface area (Å²) >= 11 is 5.84. The molecule has 0 fully saturated rings. The Bertz CT molecular complexity index is 755. The first-order chi connectivity index (χ1) is 11.0. The van der Waals surface area contributed by atoms with Crippen molar-refractivity contribution in [3.8, 4) is 0 Å². The molecule has 0 aliphatic heterocycles. The van der Waals surface area contributed by atoms with E-state index in [-0.39, 0.29) is 19.0 Å². The van der Waals surface area contributed by atoms with E-state index in [1.165, 1.54) is 16.8 Å². The third kappa shape index (κ3) is 4.65. The Morgan fingerprint density at radius 1 is 1.52 bits per heavy atom. The molecule has 7 nitrogen and oxygen atoms in total. The Balaban J connectivity index is 1.88. The van der Waals surface area contributed by atoms with Crippen molar-refractivity contribution in [2.75, 3.05) is 6.61 Å². The number of carbonyl (C=O) groups is 1. The van der Waals surface area contributed by atoms with Crippen molar-refractivity contribution >= 4 is 29.5 Å². The van der Waals surface area contributed by atoms with Crippen molar-refractivity contribution in [1.29, 1.82) is 0 Å². The number of carbonyl (C=O) groups excluding carboxylic acids is 1. The minimum absolute atomic E-state index is 0.0107. The van der Waals surface area contributed by atoms with Gasteiger partial charge in [-0.1, -0.05) is 23.7 Å². The van der Waals surface area contributed by atoms with E-state index in [1.54, 1.807) is 37.3 Å². The smallest absolute Gasteiger partial charge is 0.342 e. The molecule has 0 atom stereocenters. The van der Waals surface area contributed by atoms with Crippen molar-refractivity contribution in [3.63, 3.8) is 0 Å². The van der Waals surface area contributed by atoms with Crippen LogP contribution in [0, 0.1) is 17.0 Å². The highest BCUT2D eigenvalue weighted by Gasteiger charge is 2.17. The summed E-state index contributed by atoms with van der Waals surface area (Å²) < 4.78 is 6.41. The molecule has 0 spiro atoms. The number of esters is 1. The van der Waals surface area contributed by atoms with E-state index >= 15 is 0 Å². The predicted octanol–water partition coefficient (Wildman–Crippen LogP) is 3.01. The normalized spacial score (nSPS) is 10.9. The highest BCUT2D eigenvalue weighted by Crippen LogP contribution is 2.13. The van der Waals surface area contributed by atoms with Crippen LogP contribution >= 0.6 is 11.6 Å². The average Bonchev–Trinajstić information content (AvgIpc) is 2.87. The van der Waals surface area contributed by atoms with Crippen LogP contribution in [0.3, 0.4) is 0 Å². The summed E-state index contributed by atoms with van der Waals surface area (Å²) in [5.41, 5.74) is 0.774. The van der Waals surface area contributed by atoms with Crippen molar-refractivity contribution in [2.45, 2.75) is 13.5 Å². The number of nitrogens with zero attached hydrogens (tertiary/aromatic N) is 3. The molecule has 23 heavy (non-hydrogen) atoms. The van der Waals surface area contributed by atoms with Crippen LogP contribution in [0.25, 0.3) is 6.08 Å². The van der Waals surface area contributed by atoms with Gasteiger partial charge in [0.05, 0.1) is 0 Å². The summed E-state index contributed by atoms with van der Waals surface area (Å²) in [7, 11) is 0. The second-order valence-corrected chi connectivity index (χ2v) is 5.06. The molecule has 2 aromatic rings. The van der Waals surface area contributed by atoms with Crippen LogP contribution in [-0.2, 0) is 16.1 Å². The fourth-order valence-corrected chi connectivity index (χ4v) is 2.14. The number of rotatable bonds is 6. The van der Waals surface area contributed by atoms with Crippen LogP contribution in [0.15, 0.2) is 36.5 Å². The predicted molar refractivity (Wildman–Crippen MR) is 85.1 cm³/mol. The first kappa shape index (κ1) is 16.7. The van der Waals surface area contributed by atoms with Crippen LogP contribution < -0.4 is 0 Å². The third-order valence-corrected chi connectivity index (χ3v) is 3.28. The van der Waals surface area contributed by atoms with Crippen molar-refractivity contribution in [3.05, 3.63) is 63.1 Å². The van der Waals surface area contributed by atoms with E-state index in [9.17, 15) is 14.9 Å². The molecule has 0 aliphatic carbocycles. The number of benzene rings is 1. The maximum Gasteiger partial charge on any atom is 0.342 e. The quantitative estimate of drug-likeness (QED) is 0.350. The summed E-state index contributed by atoms with van der Waals surface area (Å²) in [5.74, 6) is -0.180. The zero-order valence-corrected chi connectivity index (χ0v) is 13.1. The summed E-state index contributed by atoms with van der Waals surface area (Å²) in [6.07, 6.45) is 4.04. The van der Waals surface area contributed by atoms with Gasteiger partial charge in [-0.05, 0) is 28.7 Å². The average molecular weight is 336 g/mol. The van der Waals surface area contributed by atoms with E-state index in [4.69, 9.17) is 16.3 Å². The van der Waals surface area contributed by atoms with Gasteiger partial charge in [0.1, 0.15) is 19.3 Å². The van der Waals surface area contributed by atoms with Crippen molar-refractivity contribution in [1.82, 2.24) is 9.55 Å². The second-order valence-electron chi connectivity index (χ2n) is 4.63. The van der Waals surface area contributed by atoms with Crippen LogP contribution in [0.4, 0.5) is 5.82 Å². The van der Waals surface area contributed by atoms with E-state index in [1.807, 2.05) is 0 Å². The third-order valence-electron chi connectivity index (χ3n) is 3.04. The lowest BCUT2D eigenvalue weighted by atomic mass is 10.2. The molecule has 0 aliphatic rings. The topological polar surface area (TPSA) is 87.3 Å². The molecule has 0 saturated heterocycles. The molecule has 0 unspecified atom stereocenters. The Morgan fingerprint density at radius 3 is 3.00 bits per heavy atom. The van der Waals surface area contributed by atoms with Gasteiger partial charge in [0.25, 0.3) is 0 Å². The van der Waals surface area contributed by atoms with Crippen molar-refractivity contribution < 1.29 is 14.5 Å². The molecule has 0 N–H and O–H groups in total. The highest BCUT2D eigenvalue weighted by atomic mass is 35.5. The molecule has 8 heteroatoms. The monoisotopic (exact) mass is 335 g/mol. The Labute approximate surface area is 137 Å². The number of aromatic nitrogens is 2. The standard InChI is InChI=1S/C15H14ClN3O4/c1-11-17-10-14(19(21)22)18(11)7-8-23-15(20)6-5-12-3-2-4-13(16)9-12/h2-6,9-10H,7-8H2,1H3/b6-5+. The SMILES string of the molecule is Cc1ncc([N+](=O)[O-])n1CCOC(=O)/C=C/c1cccc(Cl)c1. The number of aryl methyl sites for hydroxylation is 1. The number of nitro groups is 1. The first-order valence-corrected chi connectivity index (χ1v) is 7.12. The minimum Gasteiger partial charge on any atom is -0.458 e. The lowest BCUT2D eigenvalue weighted by molar-refractivity contribution is -0.392. The number of hydrogen-bond acceptors (Lipinski definition) is 5. The van der Waals surface area contributed by atoms with Gasteiger partial charge < -0.3 is 14.9 Å². The number of hydrogen-bond donors (Lipinski definition) is 0. The maximum atomic E-state index is 11.6. The molecular weight excluding hydrogens is 322 g/mol. The molecule has 2 rings (SSSR count). The molecule has 0 saturated carbocycles. The van der Waals surface area contributed by atoms with E-state index in [2.05, 4.69) is 4.98 Å². The molecule has 120 valence electrons.